The van der Waals surface area contributed by atoms with Gasteiger partial charge in [0, 0.05) is 5.41 Å². The summed E-state index contributed by atoms with van der Waals surface area (Å²) in [7, 11) is 0. The van der Waals surface area contributed by atoms with E-state index in [1.165, 1.54) is 0 Å². The second-order valence-electron chi connectivity index (χ2n) is 4.63. The summed E-state index contributed by atoms with van der Waals surface area (Å²) in [5.74, 6) is 0.0584. The maximum absolute atomic E-state index is 12.2. The van der Waals surface area contributed by atoms with Crippen LogP contribution in [0.1, 0.15) is 19.8 Å². The van der Waals surface area contributed by atoms with E-state index in [4.69, 9.17) is 11.6 Å². The smallest absolute Gasteiger partial charge is 0.230 e. The van der Waals surface area contributed by atoms with Crippen LogP contribution < -0.4 is 10.6 Å². The Hall–Kier alpha value is -1.13. The van der Waals surface area contributed by atoms with E-state index in [9.17, 15) is 4.79 Å². The molecule has 0 aliphatic carbocycles. The van der Waals surface area contributed by atoms with E-state index >= 15 is 0 Å². The van der Waals surface area contributed by atoms with E-state index < -0.39 is 0 Å². The molecule has 1 aromatic heterocycles. The summed E-state index contributed by atoms with van der Waals surface area (Å²) in [6, 6.07) is 3.43. The minimum atomic E-state index is -0.287. The van der Waals surface area contributed by atoms with Gasteiger partial charge >= 0.3 is 0 Å². The van der Waals surface area contributed by atoms with Gasteiger partial charge in [-0.25, -0.2) is 4.98 Å². The zero-order valence-corrected chi connectivity index (χ0v) is 10.5. The molecule has 1 aliphatic rings. The van der Waals surface area contributed by atoms with E-state index in [-0.39, 0.29) is 11.3 Å². The molecule has 1 fully saturated rings. The first kappa shape index (κ1) is 12.3. The molecule has 5 heteroatoms. The summed E-state index contributed by atoms with van der Waals surface area (Å²) in [4.78, 5) is 16.1. The van der Waals surface area contributed by atoms with Crippen LogP contribution in [0.3, 0.4) is 0 Å². The first-order valence-electron chi connectivity index (χ1n) is 5.74. The van der Waals surface area contributed by atoms with E-state index in [2.05, 4.69) is 15.6 Å². The Bertz CT molecular complexity index is 399. The fourth-order valence-electron chi connectivity index (χ4n) is 1.94. The third-order valence-corrected chi connectivity index (χ3v) is 3.46. The Labute approximate surface area is 106 Å². The molecule has 1 saturated heterocycles. The number of nitrogens with one attached hydrogen (secondary N) is 2. The molecule has 0 unspecified atom stereocenters. The lowest BCUT2D eigenvalue weighted by Gasteiger charge is -2.32. The molecule has 2 N–H and O–H groups in total. The average Bonchev–Trinajstić information content (AvgIpc) is 2.33. The molecule has 0 saturated carbocycles. The van der Waals surface area contributed by atoms with Crippen LogP contribution in [-0.4, -0.2) is 24.0 Å². The van der Waals surface area contributed by atoms with Crippen molar-refractivity contribution in [2.45, 2.75) is 19.8 Å². The number of carbonyl (C=O) groups excluding carboxylic acids is 1. The standard InChI is InChI=1S/C12H16ClN3O/c1-12(4-6-14-7-5-12)11(17)16-9-2-3-10(13)15-8-9/h2-3,8,14H,4-7H2,1H3,(H,16,17). The molecule has 2 heterocycles. The van der Waals surface area contributed by atoms with E-state index in [1.54, 1.807) is 18.3 Å². The fraction of sp³-hybridized carbons (Fsp3) is 0.500. The largest absolute Gasteiger partial charge is 0.324 e. The van der Waals surface area contributed by atoms with Crippen LogP contribution >= 0.6 is 11.6 Å². The van der Waals surface area contributed by atoms with E-state index in [0.717, 1.165) is 25.9 Å². The van der Waals surface area contributed by atoms with Crippen molar-refractivity contribution in [3.63, 3.8) is 0 Å². The monoisotopic (exact) mass is 253 g/mol. The van der Waals surface area contributed by atoms with Gasteiger partial charge in [-0.3, -0.25) is 4.79 Å². The highest BCUT2D eigenvalue weighted by atomic mass is 35.5. The van der Waals surface area contributed by atoms with Gasteiger partial charge in [0.2, 0.25) is 5.91 Å². The predicted octanol–water partition coefficient (Wildman–Crippen LogP) is 2.06. The lowest BCUT2D eigenvalue weighted by atomic mass is 9.80. The molecule has 0 spiro atoms. The molecule has 0 radical (unpaired) electrons. The molecule has 1 aromatic rings. The van der Waals surface area contributed by atoms with Crippen LogP contribution in [0.25, 0.3) is 0 Å². The van der Waals surface area contributed by atoms with Crippen molar-refractivity contribution in [2.75, 3.05) is 18.4 Å². The number of hydrogen-bond acceptors (Lipinski definition) is 3. The highest BCUT2D eigenvalue weighted by Gasteiger charge is 2.34. The van der Waals surface area contributed by atoms with Crippen molar-refractivity contribution in [2.24, 2.45) is 5.41 Å². The van der Waals surface area contributed by atoms with Gasteiger partial charge < -0.3 is 10.6 Å². The predicted molar refractivity (Wildman–Crippen MR) is 68.1 cm³/mol. The molecule has 0 aromatic carbocycles. The molecule has 4 nitrogen and oxygen atoms in total. The Kier molecular flexibility index (Phi) is 3.64. The second-order valence-corrected chi connectivity index (χ2v) is 5.02. The maximum atomic E-state index is 12.2. The van der Waals surface area contributed by atoms with Gasteiger partial charge in [0.25, 0.3) is 0 Å². The number of carbonyl (C=O) groups is 1. The number of aromatic nitrogens is 1. The zero-order valence-electron chi connectivity index (χ0n) is 9.79. The van der Waals surface area contributed by atoms with Crippen LogP contribution in [0.5, 0.6) is 0 Å². The van der Waals surface area contributed by atoms with E-state index in [1.807, 2.05) is 6.92 Å². The topological polar surface area (TPSA) is 54.0 Å². The summed E-state index contributed by atoms with van der Waals surface area (Å²) in [6.45, 7) is 3.79. The van der Waals surface area contributed by atoms with Crippen molar-refractivity contribution in [3.8, 4) is 0 Å². The number of amides is 1. The number of hydrogen-bond donors (Lipinski definition) is 2. The van der Waals surface area contributed by atoms with Gasteiger partial charge in [-0.15, -0.1) is 0 Å². The fourth-order valence-corrected chi connectivity index (χ4v) is 2.05. The first-order valence-corrected chi connectivity index (χ1v) is 6.12. The molecule has 1 aliphatic heterocycles. The highest BCUT2D eigenvalue weighted by molar-refractivity contribution is 6.29. The first-order chi connectivity index (χ1) is 8.10. The Balaban J connectivity index is 2.03. The van der Waals surface area contributed by atoms with Gasteiger partial charge in [-0.2, -0.15) is 0 Å². The lowest BCUT2D eigenvalue weighted by molar-refractivity contribution is -0.126. The Morgan fingerprint density at radius 3 is 2.76 bits per heavy atom. The molecule has 0 bridgehead atoms. The van der Waals surface area contributed by atoms with Crippen molar-refractivity contribution >= 4 is 23.2 Å². The quantitative estimate of drug-likeness (QED) is 0.794. The molecular formula is C12H16ClN3O. The van der Waals surface area contributed by atoms with Gasteiger partial charge in [0.15, 0.2) is 0 Å². The number of anilines is 1. The SMILES string of the molecule is CC1(C(=O)Nc2ccc(Cl)nc2)CCNCC1. The minimum Gasteiger partial charge on any atom is -0.324 e. The molecule has 0 atom stereocenters. The van der Waals surface area contributed by atoms with Crippen molar-refractivity contribution in [3.05, 3.63) is 23.5 Å². The molecule has 2 rings (SSSR count). The molecule has 1 amide bonds. The summed E-state index contributed by atoms with van der Waals surface area (Å²) < 4.78 is 0. The van der Waals surface area contributed by atoms with Crippen molar-refractivity contribution in [1.29, 1.82) is 0 Å². The number of piperidine rings is 1. The van der Waals surface area contributed by atoms with Crippen LogP contribution in [0.4, 0.5) is 5.69 Å². The lowest BCUT2D eigenvalue weighted by Crippen LogP contribution is -2.42. The van der Waals surface area contributed by atoms with Gasteiger partial charge in [0.1, 0.15) is 5.15 Å². The third kappa shape index (κ3) is 2.96. The van der Waals surface area contributed by atoms with Gasteiger partial charge in [-0.1, -0.05) is 18.5 Å². The minimum absolute atomic E-state index is 0.0584. The number of nitrogens with zero attached hydrogens (tertiary/aromatic N) is 1. The molecule has 92 valence electrons. The van der Waals surface area contributed by atoms with Crippen LogP contribution in [0.15, 0.2) is 18.3 Å². The van der Waals surface area contributed by atoms with Crippen LogP contribution in [-0.2, 0) is 4.79 Å². The normalized spacial score (nSPS) is 18.7. The average molecular weight is 254 g/mol. The third-order valence-electron chi connectivity index (χ3n) is 3.24. The summed E-state index contributed by atoms with van der Waals surface area (Å²) in [6.07, 6.45) is 3.30. The molecule has 17 heavy (non-hydrogen) atoms. The maximum Gasteiger partial charge on any atom is 0.230 e. The Morgan fingerprint density at radius 2 is 2.18 bits per heavy atom. The summed E-state index contributed by atoms with van der Waals surface area (Å²) >= 11 is 5.69. The number of rotatable bonds is 2. The van der Waals surface area contributed by atoms with E-state index in [0.29, 0.717) is 10.8 Å². The van der Waals surface area contributed by atoms with Crippen LogP contribution in [0.2, 0.25) is 5.15 Å². The molecular weight excluding hydrogens is 238 g/mol. The van der Waals surface area contributed by atoms with Crippen molar-refractivity contribution < 1.29 is 4.79 Å². The zero-order chi connectivity index (χ0) is 12.3. The highest BCUT2D eigenvalue weighted by Crippen LogP contribution is 2.29. The van der Waals surface area contributed by atoms with Crippen molar-refractivity contribution in [1.82, 2.24) is 10.3 Å². The van der Waals surface area contributed by atoms with Gasteiger partial charge in [0.05, 0.1) is 11.9 Å². The number of pyridine rings is 1. The van der Waals surface area contributed by atoms with Crippen LogP contribution in [0, 0.1) is 5.41 Å². The Morgan fingerprint density at radius 1 is 1.47 bits per heavy atom. The summed E-state index contributed by atoms with van der Waals surface area (Å²) in [5.41, 5.74) is 0.407. The number of halogens is 1. The van der Waals surface area contributed by atoms with Gasteiger partial charge in [-0.05, 0) is 38.1 Å². The summed E-state index contributed by atoms with van der Waals surface area (Å²) in [5, 5.41) is 6.57. The second kappa shape index (κ2) is 5.02.